The third-order valence-electron chi connectivity index (χ3n) is 12.5. The van der Waals surface area contributed by atoms with Crippen molar-refractivity contribution >= 4 is 17.9 Å². The van der Waals surface area contributed by atoms with Gasteiger partial charge in [0.2, 0.25) is 0 Å². The fraction of sp³-hybridized carbons (Fsp3) is 0.758. The van der Waals surface area contributed by atoms with Gasteiger partial charge in [0, 0.05) is 19.3 Å². The van der Waals surface area contributed by atoms with Crippen molar-refractivity contribution < 1.29 is 28.6 Å². The first kappa shape index (κ1) is 64.8. The molecular weight excluding hydrogens is 841 g/mol. The van der Waals surface area contributed by atoms with Crippen LogP contribution in [0.2, 0.25) is 0 Å². The van der Waals surface area contributed by atoms with Gasteiger partial charge < -0.3 is 14.2 Å². The summed E-state index contributed by atoms with van der Waals surface area (Å²) in [7, 11) is 0. The minimum Gasteiger partial charge on any atom is -0.462 e. The first-order valence-electron chi connectivity index (χ1n) is 29.0. The second-order valence-electron chi connectivity index (χ2n) is 19.3. The summed E-state index contributed by atoms with van der Waals surface area (Å²) < 4.78 is 16.8. The smallest absolute Gasteiger partial charge is 0.306 e. The Morgan fingerprint density at radius 1 is 0.294 bits per heavy atom. The maximum absolute atomic E-state index is 12.9. The van der Waals surface area contributed by atoms with Gasteiger partial charge in [0.1, 0.15) is 13.2 Å². The Balaban J connectivity index is 4.46. The maximum Gasteiger partial charge on any atom is 0.306 e. The third-order valence-corrected chi connectivity index (χ3v) is 12.5. The SMILES string of the molecule is CCCCCCC\C=C/C=C\C=C/CCCCCCCC(=O)OCC(COC(=O)CCCCC/C=C\CCCCCCCCC)OC(=O)CCCCCCC/C=C\C=C/CCCCCCCCC. The molecule has 0 aromatic heterocycles. The van der Waals surface area contributed by atoms with E-state index in [1.807, 2.05) is 0 Å². The Morgan fingerprint density at radius 2 is 0.544 bits per heavy atom. The van der Waals surface area contributed by atoms with E-state index in [4.69, 9.17) is 14.2 Å². The largest absolute Gasteiger partial charge is 0.462 e. The van der Waals surface area contributed by atoms with E-state index in [1.54, 1.807) is 0 Å². The molecule has 0 aliphatic rings. The molecule has 0 heterocycles. The lowest BCUT2D eigenvalue weighted by atomic mass is 10.1. The number of ether oxygens (including phenoxy) is 3. The predicted octanol–water partition coefficient (Wildman–Crippen LogP) is 19.4. The van der Waals surface area contributed by atoms with Crippen LogP contribution in [-0.2, 0) is 28.6 Å². The van der Waals surface area contributed by atoms with E-state index in [2.05, 4.69) is 93.7 Å². The Hall–Kier alpha value is -3.15. The van der Waals surface area contributed by atoms with Crippen LogP contribution in [0.5, 0.6) is 0 Å². The van der Waals surface area contributed by atoms with Crippen LogP contribution >= 0.6 is 0 Å². The molecule has 0 saturated carbocycles. The summed E-state index contributed by atoms with van der Waals surface area (Å²) in [5.41, 5.74) is 0. The van der Waals surface area contributed by atoms with Gasteiger partial charge in [0.15, 0.2) is 6.10 Å². The van der Waals surface area contributed by atoms with Crippen molar-refractivity contribution in [3.63, 3.8) is 0 Å². The number of carbonyl (C=O) groups is 3. The predicted molar refractivity (Wildman–Crippen MR) is 293 cm³/mol. The molecule has 0 rings (SSSR count). The lowest BCUT2D eigenvalue weighted by Crippen LogP contribution is -2.30. The van der Waals surface area contributed by atoms with Gasteiger partial charge in [-0.3, -0.25) is 14.4 Å². The Morgan fingerprint density at radius 3 is 0.882 bits per heavy atom. The monoisotopic (exact) mass is 949 g/mol. The van der Waals surface area contributed by atoms with Crippen molar-refractivity contribution in [2.24, 2.45) is 0 Å². The van der Waals surface area contributed by atoms with Gasteiger partial charge in [-0.2, -0.15) is 0 Å². The first-order chi connectivity index (χ1) is 33.5. The number of esters is 3. The maximum atomic E-state index is 12.9. The summed E-state index contributed by atoms with van der Waals surface area (Å²) in [6.07, 6.45) is 71.7. The average molecular weight is 950 g/mol. The standard InChI is InChI=1S/C62H108O6/c1-4-7-10-13-16-19-22-25-28-30-32-34-37-40-43-46-49-52-55-61(64)67-58-59(57-66-60(63)54-51-48-45-42-39-36-27-24-21-18-15-12-9-6-3)68-62(65)56-53-50-47-44-41-38-35-33-31-29-26-23-20-17-14-11-8-5-2/h22,25,28-36,39,59H,4-21,23-24,26-27,37-38,40-58H2,1-3H3/b25-22-,30-28-,31-29-,34-32-,35-33-,39-36-. The summed E-state index contributed by atoms with van der Waals surface area (Å²) in [4.78, 5) is 38.1. The number of hydrogen-bond donors (Lipinski definition) is 0. The molecule has 392 valence electrons. The summed E-state index contributed by atoms with van der Waals surface area (Å²) in [6, 6.07) is 0. The fourth-order valence-electron chi connectivity index (χ4n) is 8.08. The molecular formula is C62H108O6. The van der Waals surface area contributed by atoms with Crippen LogP contribution in [0.1, 0.15) is 284 Å². The zero-order valence-electron chi connectivity index (χ0n) is 44.9. The minimum atomic E-state index is -0.799. The molecule has 0 amide bonds. The summed E-state index contributed by atoms with van der Waals surface area (Å²) in [5.74, 6) is -0.938. The van der Waals surface area contributed by atoms with Gasteiger partial charge >= 0.3 is 17.9 Å². The summed E-state index contributed by atoms with van der Waals surface area (Å²) in [6.45, 7) is 6.59. The van der Waals surface area contributed by atoms with E-state index in [0.717, 1.165) is 116 Å². The van der Waals surface area contributed by atoms with Gasteiger partial charge in [-0.15, -0.1) is 0 Å². The number of carbonyl (C=O) groups excluding carboxylic acids is 3. The molecule has 0 saturated heterocycles. The van der Waals surface area contributed by atoms with Crippen LogP contribution in [0.25, 0.3) is 0 Å². The fourth-order valence-corrected chi connectivity index (χ4v) is 8.08. The lowest BCUT2D eigenvalue weighted by molar-refractivity contribution is -0.167. The second-order valence-corrected chi connectivity index (χ2v) is 19.3. The molecule has 0 aliphatic heterocycles. The molecule has 1 atom stereocenters. The first-order valence-corrected chi connectivity index (χ1v) is 29.0. The Bertz CT molecular complexity index is 1270. The summed E-state index contributed by atoms with van der Waals surface area (Å²) in [5, 5.41) is 0. The van der Waals surface area contributed by atoms with Crippen molar-refractivity contribution in [3.8, 4) is 0 Å². The molecule has 6 nitrogen and oxygen atoms in total. The van der Waals surface area contributed by atoms with Crippen LogP contribution in [-0.4, -0.2) is 37.2 Å². The highest BCUT2D eigenvalue weighted by atomic mass is 16.6. The quantitative estimate of drug-likeness (QED) is 0.0199. The topological polar surface area (TPSA) is 78.9 Å². The zero-order valence-corrected chi connectivity index (χ0v) is 44.9. The number of allylic oxidation sites excluding steroid dienone is 12. The molecule has 0 aromatic carbocycles. The molecule has 6 heteroatoms. The zero-order chi connectivity index (χ0) is 49.3. The molecule has 0 fully saturated rings. The van der Waals surface area contributed by atoms with Gasteiger partial charge in [0.25, 0.3) is 0 Å². The van der Waals surface area contributed by atoms with Gasteiger partial charge in [-0.1, -0.05) is 241 Å². The highest BCUT2D eigenvalue weighted by molar-refractivity contribution is 5.71. The minimum absolute atomic E-state index is 0.0961. The van der Waals surface area contributed by atoms with Crippen LogP contribution in [0, 0.1) is 0 Å². The van der Waals surface area contributed by atoms with Crippen molar-refractivity contribution in [3.05, 3.63) is 72.9 Å². The normalized spacial score (nSPS) is 12.6. The van der Waals surface area contributed by atoms with E-state index in [1.165, 1.54) is 128 Å². The van der Waals surface area contributed by atoms with E-state index in [9.17, 15) is 14.4 Å². The van der Waals surface area contributed by atoms with E-state index < -0.39 is 6.10 Å². The van der Waals surface area contributed by atoms with Crippen LogP contribution < -0.4 is 0 Å². The molecule has 0 aliphatic carbocycles. The van der Waals surface area contributed by atoms with Crippen molar-refractivity contribution in [2.45, 2.75) is 290 Å². The third kappa shape index (κ3) is 53.8. The summed E-state index contributed by atoms with van der Waals surface area (Å²) >= 11 is 0. The van der Waals surface area contributed by atoms with E-state index in [0.29, 0.717) is 19.3 Å². The van der Waals surface area contributed by atoms with E-state index in [-0.39, 0.29) is 31.1 Å². The van der Waals surface area contributed by atoms with E-state index >= 15 is 0 Å². The molecule has 0 N–H and O–H groups in total. The molecule has 68 heavy (non-hydrogen) atoms. The van der Waals surface area contributed by atoms with Gasteiger partial charge in [0.05, 0.1) is 0 Å². The van der Waals surface area contributed by atoms with Crippen molar-refractivity contribution in [2.75, 3.05) is 13.2 Å². The Kier molecular flexibility index (Phi) is 53.8. The Labute approximate surface area is 421 Å². The number of rotatable bonds is 52. The lowest BCUT2D eigenvalue weighted by Gasteiger charge is -2.18. The van der Waals surface area contributed by atoms with Crippen molar-refractivity contribution in [1.29, 1.82) is 0 Å². The van der Waals surface area contributed by atoms with Crippen LogP contribution in [0.3, 0.4) is 0 Å². The molecule has 0 bridgehead atoms. The highest BCUT2D eigenvalue weighted by Crippen LogP contribution is 2.14. The van der Waals surface area contributed by atoms with Gasteiger partial charge in [-0.25, -0.2) is 0 Å². The average Bonchev–Trinajstić information content (AvgIpc) is 3.34. The number of unbranched alkanes of at least 4 members (excludes halogenated alkanes) is 32. The highest BCUT2D eigenvalue weighted by Gasteiger charge is 2.19. The molecule has 0 aromatic rings. The second kappa shape index (κ2) is 56.4. The van der Waals surface area contributed by atoms with Crippen LogP contribution in [0.4, 0.5) is 0 Å². The number of hydrogen-bond acceptors (Lipinski definition) is 6. The molecule has 0 spiro atoms. The molecule has 1 unspecified atom stereocenters. The van der Waals surface area contributed by atoms with Crippen LogP contribution in [0.15, 0.2) is 72.9 Å². The van der Waals surface area contributed by atoms with Gasteiger partial charge in [-0.05, 0) is 96.3 Å². The molecule has 0 radical (unpaired) electrons. The van der Waals surface area contributed by atoms with Crippen molar-refractivity contribution in [1.82, 2.24) is 0 Å².